The Hall–Kier alpha value is -4.60. The van der Waals surface area contributed by atoms with Crippen molar-refractivity contribution in [3.8, 4) is 0 Å². The lowest BCUT2D eigenvalue weighted by atomic mass is 9.75. The molecule has 7 nitrogen and oxygen atoms in total. The zero-order valence-corrected chi connectivity index (χ0v) is 27.3. The summed E-state index contributed by atoms with van der Waals surface area (Å²) in [5, 5.41) is 3.43. The third-order valence-electron chi connectivity index (χ3n) is 7.98. The van der Waals surface area contributed by atoms with Crippen LogP contribution in [0.15, 0.2) is 91.0 Å². The number of nitrogens with one attached hydrogen (secondary N) is 2. The Bertz CT molecular complexity index is 1440. The minimum Gasteiger partial charge on any atom is -0.348 e. The van der Waals surface area contributed by atoms with E-state index in [9.17, 15) is 53.9 Å². The minimum absolute atomic E-state index is 0.00644. The Labute approximate surface area is 288 Å². The van der Waals surface area contributed by atoms with Gasteiger partial charge in [0.25, 0.3) is 0 Å². The summed E-state index contributed by atoms with van der Waals surface area (Å²) in [7, 11) is 0. The SMILES string of the molecule is O=C(NCCCN(CCCCN(CCCNC(=O)C(F)(F)F)C(c1ccccc1)(c1ccccc1)c1ccccc1)C(=O)C(F)(F)F)C(F)(F)F. The van der Waals surface area contributed by atoms with Crippen molar-refractivity contribution >= 4 is 17.7 Å². The maximum atomic E-state index is 13.4. The second-order valence-corrected chi connectivity index (χ2v) is 11.5. The molecule has 0 radical (unpaired) electrons. The highest BCUT2D eigenvalue weighted by Crippen LogP contribution is 2.42. The molecule has 0 aliphatic heterocycles. The van der Waals surface area contributed by atoms with Crippen LogP contribution < -0.4 is 10.6 Å². The van der Waals surface area contributed by atoms with Crippen LogP contribution in [0.4, 0.5) is 39.5 Å². The molecule has 3 aromatic rings. The van der Waals surface area contributed by atoms with Crippen molar-refractivity contribution in [2.45, 2.75) is 49.8 Å². The summed E-state index contributed by atoms with van der Waals surface area (Å²) in [6.07, 6.45) is -15.7. The van der Waals surface area contributed by atoms with E-state index < -0.39 is 61.4 Å². The van der Waals surface area contributed by atoms with Crippen LogP contribution in [0.1, 0.15) is 42.4 Å². The normalized spacial score (nSPS) is 12.4. The first kappa shape index (κ1) is 40.8. The molecule has 0 aromatic heterocycles. The zero-order valence-electron chi connectivity index (χ0n) is 27.3. The van der Waals surface area contributed by atoms with E-state index in [4.69, 9.17) is 0 Å². The monoisotopic (exact) mass is 732 g/mol. The van der Waals surface area contributed by atoms with E-state index in [1.165, 1.54) is 0 Å². The minimum atomic E-state index is -5.26. The molecule has 0 aliphatic rings. The molecule has 51 heavy (non-hydrogen) atoms. The predicted molar refractivity (Wildman–Crippen MR) is 170 cm³/mol. The molecule has 278 valence electrons. The number of carbonyl (C=O) groups excluding carboxylic acids is 3. The Morgan fingerprint density at radius 2 is 0.804 bits per heavy atom. The summed E-state index contributed by atoms with van der Waals surface area (Å²) < 4.78 is 116. The summed E-state index contributed by atoms with van der Waals surface area (Å²) in [6.45, 7) is -1.69. The summed E-state index contributed by atoms with van der Waals surface area (Å²) in [5.41, 5.74) is 1.25. The third-order valence-corrected chi connectivity index (χ3v) is 7.98. The van der Waals surface area contributed by atoms with Crippen LogP contribution in [-0.2, 0) is 19.9 Å². The van der Waals surface area contributed by atoms with Crippen molar-refractivity contribution < 1.29 is 53.9 Å². The van der Waals surface area contributed by atoms with Gasteiger partial charge in [0.15, 0.2) is 0 Å². The smallest absolute Gasteiger partial charge is 0.348 e. The Morgan fingerprint density at radius 1 is 0.471 bits per heavy atom. The van der Waals surface area contributed by atoms with E-state index in [-0.39, 0.29) is 45.3 Å². The number of halogens is 9. The second-order valence-electron chi connectivity index (χ2n) is 11.5. The molecule has 0 bridgehead atoms. The van der Waals surface area contributed by atoms with Gasteiger partial charge >= 0.3 is 36.3 Å². The molecule has 0 saturated heterocycles. The maximum Gasteiger partial charge on any atom is 0.471 e. The molecule has 3 aromatic carbocycles. The highest BCUT2D eigenvalue weighted by atomic mass is 19.4. The quantitative estimate of drug-likeness (QED) is 0.0934. The molecule has 0 saturated carbocycles. The van der Waals surface area contributed by atoms with Crippen LogP contribution in [0.25, 0.3) is 0 Å². The fraction of sp³-hybridized carbons (Fsp3) is 0.400. The van der Waals surface area contributed by atoms with Crippen molar-refractivity contribution in [2.24, 2.45) is 0 Å². The van der Waals surface area contributed by atoms with Crippen LogP contribution in [0.5, 0.6) is 0 Å². The summed E-state index contributed by atoms with van der Waals surface area (Å²) in [4.78, 5) is 37.2. The molecule has 0 atom stereocenters. The molecule has 16 heteroatoms. The van der Waals surface area contributed by atoms with Gasteiger partial charge in [-0.3, -0.25) is 19.3 Å². The van der Waals surface area contributed by atoms with Crippen molar-refractivity contribution in [1.29, 1.82) is 0 Å². The lowest BCUT2D eigenvalue weighted by Crippen LogP contribution is -2.50. The molecular weight excluding hydrogens is 695 g/mol. The van der Waals surface area contributed by atoms with Gasteiger partial charge in [-0.05, 0) is 48.9 Å². The summed E-state index contributed by atoms with van der Waals surface area (Å²) in [5.74, 6) is -6.54. The number of nitrogens with zero attached hydrogens (tertiary/aromatic N) is 2. The highest BCUT2D eigenvalue weighted by Gasteiger charge is 2.44. The molecule has 0 heterocycles. The second kappa shape index (κ2) is 18.1. The van der Waals surface area contributed by atoms with E-state index in [2.05, 4.69) is 0 Å². The number of hydrogen-bond acceptors (Lipinski definition) is 4. The van der Waals surface area contributed by atoms with Crippen LogP contribution in [-0.4, -0.2) is 85.3 Å². The largest absolute Gasteiger partial charge is 0.471 e. The number of carbonyl (C=O) groups is 3. The van der Waals surface area contributed by atoms with E-state index in [1.807, 2.05) is 101 Å². The molecule has 3 amide bonds. The fourth-order valence-corrected chi connectivity index (χ4v) is 5.78. The van der Waals surface area contributed by atoms with E-state index in [0.29, 0.717) is 4.90 Å². The number of alkyl halides is 9. The van der Waals surface area contributed by atoms with E-state index in [0.717, 1.165) is 16.7 Å². The van der Waals surface area contributed by atoms with Crippen LogP contribution in [0.3, 0.4) is 0 Å². The van der Waals surface area contributed by atoms with Crippen molar-refractivity contribution in [1.82, 2.24) is 20.4 Å². The van der Waals surface area contributed by atoms with Gasteiger partial charge in [0.1, 0.15) is 0 Å². The number of benzene rings is 3. The van der Waals surface area contributed by atoms with Gasteiger partial charge in [0.2, 0.25) is 0 Å². The fourth-order valence-electron chi connectivity index (χ4n) is 5.78. The Morgan fingerprint density at radius 3 is 1.18 bits per heavy atom. The molecule has 0 aliphatic carbocycles. The van der Waals surface area contributed by atoms with Gasteiger partial charge in [-0.15, -0.1) is 0 Å². The van der Waals surface area contributed by atoms with Gasteiger partial charge in [0, 0.05) is 32.7 Å². The topological polar surface area (TPSA) is 81.8 Å². The maximum absolute atomic E-state index is 13.4. The average molecular weight is 733 g/mol. The number of amides is 3. The van der Waals surface area contributed by atoms with Gasteiger partial charge in [-0.2, -0.15) is 39.5 Å². The molecule has 0 fully saturated rings. The molecule has 0 spiro atoms. The summed E-state index contributed by atoms with van der Waals surface area (Å²) in [6, 6.07) is 27.6. The van der Waals surface area contributed by atoms with E-state index in [1.54, 1.807) is 5.32 Å². The van der Waals surface area contributed by atoms with Crippen LogP contribution >= 0.6 is 0 Å². The average Bonchev–Trinajstić information content (AvgIpc) is 3.09. The predicted octanol–water partition coefficient (Wildman–Crippen LogP) is 6.59. The molecule has 0 unspecified atom stereocenters. The zero-order chi connectivity index (χ0) is 37.7. The Kier molecular flexibility index (Phi) is 14.5. The number of hydrogen-bond donors (Lipinski definition) is 2. The van der Waals surface area contributed by atoms with Crippen molar-refractivity contribution in [2.75, 3.05) is 39.3 Å². The molecule has 3 rings (SSSR count). The number of rotatable bonds is 17. The lowest BCUT2D eigenvalue weighted by molar-refractivity contribution is -0.185. The van der Waals surface area contributed by atoms with Gasteiger partial charge in [0.05, 0.1) is 5.54 Å². The van der Waals surface area contributed by atoms with Crippen LogP contribution in [0, 0.1) is 0 Å². The summed E-state index contributed by atoms with van der Waals surface area (Å²) >= 11 is 0. The number of unbranched alkanes of at least 4 members (excludes halogenated alkanes) is 1. The Balaban J connectivity index is 1.92. The van der Waals surface area contributed by atoms with Crippen LogP contribution in [0.2, 0.25) is 0 Å². The molecular formula is C35H37F9N4O3. The van der Waals surface area contributed by atoms with Gasteiger partial charge < -0.3 is 15.5 Å². The van der Waals surface area contributed by atoms with Gasteiger partial charge in [-0.1, -0.05) is 91.0 Å². The van der Waals surface area contributed by atoms with Crippen molar-refractivity contribution in [3.63, 3.8) is 0 Å². The van der Waals surface area contributed by atoms with Gasteiger partial charge in [-0.25, -0.2) is 0 Å². The molecule has 2 N–H and O–H groups in total. The first-order valence-corrected chi connectivity index (χ1v) is 16.0. The third kappa shape index (κ3) is 11.5. The van der Waals surface area contributed by atoms with Crippen molar-refractivity contribution in [3.05, 3.63) is 108 Å². The lowest BCUT2D eigenvalue weighted by Gasteiger charge is -2.46. The van der Waals surface area contributed by atoms with E-state index >= 15 is 0 Å². The standard InChI is InChI=1S/C35H37F9N4O3/c36-33(37,38)29(49)45-20-12-23-47(31(51)35(42,43)44)22-10-11-24-48(25-13-21-46-30(50)34(39,40)41)32(26-14-4-1-5-15-26,27-16-6-2-7-17-27)28-18-8-3-9-19-28/h1-9,14-19H,10-13,20-25H2,(H,45,49)(H,46,50). The first-order valence-electron chi connectivity index (χ1n) is 16.0. The highest BCUT2D eigenvalue weighted by molar-refractivity contribution is 5.82. The first-order chi connectivity index (χ1) is 24.0.